The van der Waals surface area contributed by atoms with Crippen molar-refractivity contribution in [2.45, 2.75) is 13.3 Å². The summed E-state index contributed by atoms with van der Waals surface area (Å²) in [7, 11) is 1.25. The van der Waals surface area contributed by atoms with Gasteiger partial charge in [0.25, 0.3) is 5.91 Å². The van der Waals surface area contributed by atoms with Crippen LogP contribution in [0.15, 0.2) is 18.2 Å². The molecule has 1 aromatic carbocycles. The number of hydrogen-bond acceptors (Lipinski definition) is 5. The lowest BCUT2D eigenvalue weighted by Crippen LogP contribution is -2.14. The molecule has 8 heteroatoms. The van der Waals surface area contributed by atoms with Crippen molar-refractivity contribution in [1.29, 1.82) is 0 Å². The Balaban J connectivity index is 2.19. The molecule has 0 unspecified atom stereocenters. The number of aromatic amines is 1. The predicted molar refractivity (Wildman–Crippen MR) is 76.5 cm³/mol. The van der Waals surface area contributed by atoms with Crippen molar-refractivity contribution in [2.24, 2.45) is 0 Å². The van der Waals surface area contributed by atoms with E-state index in [0.29, 0.717) is 17.9 Å². The first-order valence-corrected chi connectivity index (χ1v) is 6.53. The van der Waals surface area contributed by atoms with Crippen LogP contribution in [0.5, 0.6) is 0 Å². The molecule has 0 radical (unpaired) electrons. The Hall–Kier alpha value is -2.41. The predicted octanol–water partition coefficient (Wildman–Crippen LogP) is 2.06. The van der Waals surface area contributed by atoms with Gasteiger partial charge in [0.15, 0.2) is 0 Å². The second kappa shape index (κ2) is 6.36. The molecule has 21 heavy (non-hydrogen) atoms. The molecule has 7 nitrogen and oxygen atoms in total. The number of carbonyl (C=O) groups excluding carboxylic acids is 2. The lowest BCUT2D eigenvalue weighted by molar-refractivity contribution is 0.0600. The molecule has 0 aliphatic carbocycles. The third-order valence-electron chi connectivity index (χ3n) is 2.70. The van der Waals surface area contributed by atoms with Crippen LogP contribution >= 0.6 is 11.6 Å². The van der Waals surface area contributed by atoms with Gasteiger partial charge in [-0.25, -0.2) is 9.78 Å². The highest BCUT2D eigenvalue weighted by molar-refractivity contribution is 6.33. The minimum absolute atomic E-state index is 0.0291. The summed E-state index contributed by atoms with van der Waals surface area (Å²) in [6.07, 6.45) is 0.647. The summed E-state index contributed by atoms with van der Waals surface area (Å²) in [5, 5.41) is 9.29. The smallest absolute Gasteiger partial charge is 0.339 e. The molecular weight excluding hydrogens is 296 g/mol. The molecule has 0 aliphatic rings. The number of methoxy groups -OCH3 is 1. The second-order valence-electron chi connectivity index (χ2n) is 4.10. The van der Waals surface area contributed by atoms with Crippen LogP contribution in [0.25, 0.3) is 0 Å². The number of aryl methyl sites for hydroxylation is 1. The van der Waals surface area contributed by atoms with Crippen LogP contribution in [0.3, 0.4) is 0 Å². The number of aromatic nitrogens is 3. The van der Waals surface area contributed by atoms with Gasteiger partial charge in [0, 0.05) is 12.1 Å². The summed E-state index contributed by atoms with van der Waals surface area (Å²) < 4.78 is 4.61. The molecule has 0 saturated carbocycles. The number of nitrogens with one attached hydrogen (secondary N) is 2. The third kappa shape index (κ3) is 3.38. The number of esters is 1. The molecule has 0 aliphatic heterocycles. The zero-order valence-electron chi connectivity index (χ0n) is 11.4. The van der Waals surface area contributed by atoms with Gasteiger partial charge in [0.2, 0.25) is 5.82 Å². The van der Waals surface area contributed by atoms with Gasteiger partial charge in [0.1, 0.15) is 5.82 Å². The van der Waals surface area contributed by atoms with E-state index in [9.17, 15) is 9.59 Å². The van der Waals surface area contributed by atoms with E-state index < -0.39 is 11.9 Å². The van der Waals surface area contributed by atoms with Crippen LogP contribution in [0.2, 0.25) is 5.02 Å². The fourth-order valence-electron chi connectivity index (χ4n) is 1.61. The molecule has 0 saturated heterocycles. The Morgan fingerprint density at radius 3 is 2.81 bits per heavy atom. The molecule has 2 N–H and O–H groups in total. The molecule has 0 fully saturated rings. The zero-order chi connectivity index (χ0) is 15.4. The summed E-state index contributed by atoms with van der Waals surface area (Å²) in [4.78, 5) is 27.5. The van der Waals surface area contributed by atoms with Crippen LogP contribution in [-0.4, -0.2) is 34.2 Å². The van der Waals surface area contributed by atoms with Crippen molar-refractivity contribution in [3.8, 4) is 0 Å². The molecule has 0 atom stereocenters. The first-order valence-electron chi connectivity index (χ1n) is 6.15. The second-order valence-corrected chi connectivity index (χ2v) is 4.51. The topological polar surface area (TPSA) is 97.0 Å². The van der Waals surface area contributed by atoms with Crippen molar-refractivity contribution in [1.82, 2.24) is 15.2 Å². The van der Waals surface area contributed by atoms with Gasteiger partial charge in [-0.2, -0.15) is 0 Å². The molecule has 1 heterocycles. The van der Waals surface area contributed by atoms with Gasteiger partial charge >= 0.3 is 5.97 Å². The average molecular weight is 309 g/mol. The monoisotopic (exact) mass is 308 g/mol. The zero-order valence-corrected chi connectivity index (χ0v) is 12.2. The summed E-state index contributed by atoms with van der Waals surface area (Å²) in [6.45, 7) is 1.89. The van der Waals surface area contributed by atoms with E-state index in [1.807, 2.05) is 6.92 Å². The summed E-state index contributed by atoms with van der Waals surface area (Å²) in [5.74, 6) is -0.417. The van der Waals surface area contributed by atoms with Crippen molar-refractivity contribution in [3.63, 3.8) is 0 Å². The van der Waals surface area contributed by atoms with Crippen LogP contribution < -0.4 is 5.32 Å². The molecule has 2 rings (SSSR count). The Morgan fingerprint density at radius 1 is 1.43 bits per heavy atom. The number of nitrogens with zero attached hydrogens (tertiary/aromatic N) is 2. The van der Waals surface area contributed by atoms with Gasteiger partial charge in [-0.15, -0.1) is 5.10 Å². The first kappa shape index (κ1) is 15.0. The molecule has 110 valence electrons. The molecule has 0 spiro atoms. The highest BCUT2D eigenvalue weighted by Crippen LogP contribution is 2.21. The van der Waals surface area contributed by atoms with Gasteiger partial charge in [-0.05, 0) is 18.2 Å². The highest BCUT2D eigenvalue weighted by Gasteiger charge is 2.15. The lowest BCUT2D eigenvalue weighted by atomic mass is 10.2. The molecule has 1 aromatic heterocycles. The maximum atomic E-state index is 12.0. The lowest BCUT2D eigenvalue weighted by Gasteiger charge is -2.06. The van der Waals surface area contributed by atoms with Crippen molar-refractivity contribution < 1.29 is 14.3 Å². The Labute approximate surface area is 125 Å². The number of H-pyrrole nitrogens is 1. The molecular formula is C13H13ClN4O3. The minimum Gasteiger partial charge on any atom is -0.465 e. The van der Waals surface area contributed by atoms with E-state index in [1.54, 1.807) is 6.07 Å². The maximum absolute atomic E-state index is 12.0. The van der Waals surface area contributed by atoms with E-state index in [1.165, 1.54) is 19.2 Å². The van der Waals surface area contributed by atoms with Crippen molar-refractivity contribution >= 4 is 29.2 Å². The largest absolute Gasteiger partial charge is 0.465 e. The Kier molecular flexibility index (Phi) is 4.54. The SMILES string of the molecule is CCc1nc(C(=O)Nc2ccc(Cl)c(C(=O)OC)c2)n[nH]1. The van der Waals surface area contributed by atoms with E-state index in [4.69, 9.17) is 11.6 Å². The number of halogens is 1. The summed E-state index contributed by atoms with van der Waals surface area (Å²) in [6, 6.07) is 4.50. The van der Waals surface area contributed by atoms with E-state index >= 15 is 0 Å². The van der Waals surface area contributed by atoms with Gasteiger partial charge in [-0.1, -0.05) is 18.5 Å². The van der Waals surface area contributed by atoms with Gasteiger partial charge < -0.3 is 10.1 Å². The number of rotatable bonds is 4. The third-order valence-corrected chi connectivity index (χ3v) is 3.03. The van der Waals surface area contributed by atoms with Crippen molar-refractivity contribution in [2.75, 3.05) is 12.4 Å². The first-order chi connectivity index (χ1) is 10.0. The molecule has 2 aromatic rings. The number of ether oxygens (including phenoxy) is 1. The minimum atomic E-state index is -0.581. The Bertz CT molecular complexity index is 684. The maximum Gasteiger partial charge on any atom is 0.339 e. The fourth-order valence-corrected chi connectivity index (χ4v) is 1.81. The number of carbonyl (C=O) groups is 2. The number of anilines is 1. The summed E-state index contributed by atoms with van der Waals surface area (Å²) >= 11 is 5.90. The van der Waals surface area contributed by atoms with Crippen LogP contribution in [0, 0.1) is 0 Å². The van der Waals surface area contributed by atoms with E-state index in [2.05, 4.69) is 25.2 Å². The van der Waals surface area contributed by atoms with E-state index in [-0.39, 0.29) is 16.4 Å². The number of hydrogen-bond donors (Lipinski definition) is 2. The Morgan fingerprint density at radius 2 is 2.19 bits per heavy atom. The van der Waals surface area contributed by atoms with Gasteiger partial charge in [0.05, 0.1) is 17.7 Å². The van der Waals surface area contributed by atoms with Crippen LogP contribution in [-0.2, 0) is 11.2 Å². The van der Waals surface area contributed by atoms with Crippen LogP contribution in [0.4, 0.5) is 5.69 Å². The highest BCUT2D eigenvalue weighted by atomic mass is 35.5. The normalized spacial score (nSPS) is 10.2. The number of benzene rings is 1. The van der Waals surface area contributed by atoms with Crippen molar-refractivity contribution in [3.05, 3.63) is 40.4 Å². The molecule has 0 bridgehead atoms. The summed E-state index contributed by atoms with van der Waals surface area (Å²) in [5.41, 5.74) is 0.564. The quantitative estimate of drug-likeness (QED) is 0.843. The standard InChI is InChI=1S/C13H13ClN4O3/c1-3-10-16-11(18-17-10)12(19)15-7-4-5-9(14)8(6-7)13(20)21-2/h4-6H,3H2,1-2H3,(H,15,19)(H,16,17,18). The van der Waals surface area contributed by atoms with E-state index in [0.717, 1.165) is 0 Å². The van der Waals surface area contributed by atoms with Crippen LogP contribution in [0.1, 0.15) is 33.7 Å². The van der Waals surface area contributed by atoms with Gasteiger partial charge in [-0.3, -0.25) is 9.89 Å². The fraction of sp³-hybridized carbons (Fsp3) is 0.231. The average Bonchev–Trinajstić information content (AvgIpc) is 2.97. The molecule has 1 amide bonds. The number of amides is 1.